The fraction of sp³-hybridized carbons (Fsp3) is 0.300. The van der Waals surface area contributed by atoms with E-state index < -0.39 is 0 Å². The van der Waals surface area contributed by atoms with Gasteiger partial charge >= 0.3 is 0 Å². The molecule has 3 rings (SSSR count). The number of anilines is 1. The summed E-state index contributed by atoms with van der Waals surface area (Å²) in [5.41, 5.74) is 0.798. The van der Waals surface area contributed by atoms with Crippen LogP contribution >= 0.6 is 11.8 Å². The van der Waals surface area contributed by atoms with Crippen molar-refractivity contribution in [2.24, 2.45) is 0 Å². The van der Waals surface area contributed by atoms with E-state index >= 15 is 0 Å². The lowest BCUT2D eigenvalue weighted by Gasteiger charge is -2.39. The second-order valence-corrected chi connectivity index (χ2v) is 7.23. The number of benzene rings is 2. The molecule has 1 fully saturated rings. The van der Waals surface area contributed by atoms with Crippen LogP contribution in [0.25, 0.3) is 0 Å². The summed E-state index contributed by atoms with van der Waals surface area (Å²) in [5.74, 6) is 0.959. The maximum Gasteiger partial charge on any atom is 0.246 e. The molecule has 1 aliphatic rings. The van der Waals surface area contributed by atoms with E-state index in [9.17, 15) is 9.59 Å². The number of amides is 2. The zero-order chi connectivity index (χ0) is 18.5. The van der Waals surface area contributed by atoms with Gasteiger partial charge in [0.1, 0.15) is 12.3 Å². The van der Waals surface area contributed by atoms with Crippen LogP contribution in [0.1, 0.15) is 6.92 Å². The Labute approximate surface area is 157 Å². The normalized spacial score (nSPS) is 17.3. The van der Waals surface area contributed by atoms with Gasteiger partial charge in [0.2, 0.25) is 11.8 Å². The molecule has 2 amide bonds. The van der Waals surface area contributed by atoms with Crippen molar-refractivity contribution in [3.8, 4) is 5.75 Å². The van der Waals surface area contributed by atoms with Gasteiger partial charge in [-0.3, -0.25) is 9.59 Å². The topological polar surface area (TPSA) is 49.9 Å². The van der Waals surface area contributed by atoms with E-state index in [-0.39, 0.29) is 24.4 Å². The SMILES string of the molecule is COc1cccc(N2C[C@H](C)N(C(=O)CSc3ccccc3)CC2=O)c1. The van der Waals surface area contributed by atoms with Gasteiger partial charge in [-0.1, -0.05) is 24.3 Å². The Bertz CT molecular complexity index is 782. The number of piperazine rings is 1. The molecule has 1 heterocycles. The number of hydrogen-bond acceptors (Lipinski definition) is 4. The van der Waals surface area contributed by atoms with Crippen LogP contribution in [-0.4, -0.2) is 48.7 Å². The Kier molecular flexibility index (Phi) is 5.83. The minimum atomic E-state index is -0.0746. The molecule has 0 N–H and O–H groups in total. The third kappa shape index (κ3) is 4.19. The van der Waals surface area contributed by atoms with Crippen molar-refractivity contribution in [3.63, 3.8) is 0 Å². The highest BCUT2D eigenvalue weighted by molar-refractivity contribution is 8.00. The molecule has 0 unspecified atom stereocenters. The Morgan fingerprint density at radius 1 is 1.19 bits per heavy atom. The average Bonchev–Trinajstić information content (AvgIpc) is 2.68. The maximum atomic E-state index is 12.6. The van der Waals surface area contributed by atoms with Gasteiger partial charge in [-0.25, -0.2) is 0 Å². The predicted molar refractivity (Wildman–Crippen MR) is 104 cm³/mol. The second-order valence-electron chi connectivity index (χ2n) is 6.18. The first-order valence-electron chi connectivity index (χ1n) is 8.50. The molecule has 0 spiro atoms. The summed E-state index contributed by atoms with van der Waals surface area (Å²) >= 11 is 1.49. The average molecular weight is 370 g/mol. The first kappa shape index (κ1) is 18.3. The van der Waals surface area contributed by atoms with E-state index in [4.69, 9.17) is 4.74 Å². The summed E-state index contributed by atoms with van der Waals surface area (Å²) in [7, 11) is 1.60. The molecule has 1 aliphatic heterocycles. The van der Waals surface area contributed by atoms with Crippen LogP contribution in [-0.2, 0) is 9.59 Å². The summed E-state index contributed by atoms with van der Waals surface area (Å²) in [4.78, 5) is 29.6. The quantitative estimate of drug-likeness (QED) is 0.759. The molecular weight excluding hydrogens is 348 g/mol. The molecule has 2 aromatic rings. The summed E-state index contributed by atoms with van der Waals surface area (Å²) in [6.07, 6.45) is 0. The number of carbonyl (C=O) groups is 2. The Balaban J connectivity index is 1.64. The molecule has 0 bridgehead atoms. The van der Waals surface area contributed by atoms with Gasteiger partial charge in [0.25, 0.3) is 0 Å². The van der Waals surface area contributed by atoms with Gasteiger partial charge in [0, 0.05) is 29.2 Å². The number of rotatable bonds is 5. The van der Waals surface area contributed by atoms with Crippen LogP contribution in [0.5, 0.6) is 5.75 Å². The highest BCUT2D eigenvalue weighted by Gasteiger charge is 2.33. The number of hydrogen-bond donors (Lipinski definition) is 0. The van der Waals surface area contributed by atoms with Crippen molar-refractivity contribution in [1.29, 1.82) is 0 Å². The fourth-order valence-corrected chi connectivity index (χ4v) is 3.76. The molecule has 1 saturated heterocycles. The van der Waals surface area contributed by atoms with Crippen LogP contribution in [0.3, 0.4) is 0 Å². The van der Waals surface area contributed by atoms with Gasteiger partial charge in [-0.2, -0.15) is 0 Å². The lowest BCUT2D eigenvalue weighted by molar-refractivity contribution is -0.137. The molecule has 0 radical (unpaired) electrons. The Morgan fingerprint density at radius 2 is 1.96 bits per heavy atom. The summed E-state index contributed by atoms with van der Waals surface area (Å²) < 4.78 is 5.24. The highest BCUT2D eigenvalue weighted by atomic mass is 32.2. The molecule has 0 aromatic heterocycles. The van der Waals surface area contributed by atoms with E-state index in [1.807, 2.05) is 61.5 Å². The summed E-state index contributed by atoms with van der Waals surface area (Å²) in [6.45, 7) is 2.56. The van der Waals surface area contributed by atoms with E-state index in [1.54, 1.807) is 16.9 Å². The number of nitrogens with zero attached hydrogens (tertiary/aromatic N) is 2. The number of methoxy groups -OCH3 is 1. The van der Waals surface area contributed by atoms with Gasteiger partial charge in [0.15, 0.2) is 0 Å². The molecule has 1 atom stereocenters. The minimum Gasteiger partial charge on any atom is -0.497 e. The minimum absolute atomic E-state index is 0.00926. The molecular formula is C20H22N2O3S. The van der Waals surface area contributed by atoms with E-state index in [0.717, 1.165) is 10.6 Å². The zero-order valence-electron chi connectivity index (χ0n) is 14.9. The largest absolute Gasteiger partial charge is 0.497 e. The van der Waals surface area contributed by atoms with Gasteiger partial charge in [-0.15, -0.1) is 11.8 Å². The standard InChI is InChI=1S/C20H22N2O3S/c1-15-12-22(16-7-6-8-17(11-16)25-2)19(23)13-21(15)20(24)14-26-18-9-4-3-5-10-18/h3-11,15H,12-14H2,1-2H3/t15-/m0/s1. The third-order valence-electron chi connectivity index (χ3n) is 4.38. The van der Waals surface area contributed by atoms with Gasteiger partial charge in [-0.05, 0) is 31.2 Å². The lowest BCUT2D eigenvalue weighted by Crippen LogP contribution is -2.57. The first-order valence-corrected chi connectivity index (χ1v) is 9.49. The molecule has 0 aliphatic carbocycles. The Morgan fingerprint density at radius 3 is 2.69 bits per heavy atom. The summed E-state index contributed by atoms with van der Waals surface area (Å²) in [6, 6.07) is 17.2. The molecule has 6 heteroatoms. The molecule has 26 heavy (non-hydrogen) atoms. The smallest absolute Gasteiger partial charge is 0.246 e. The third-order valence-corrected chi connectivity index (χ3v) is 5.37. The van der Waals surface area contributed by atoms with Crippen LogP contribution in [0.15, 0.2) is 59.5 Å². The zero-order valence-corrected chi connectivity index (χ0v) is 15.7. The molecule has 2 aromatic carbocycles. The number of carbonyl (C=O) groups excluding carboxylic acids is 2. The fourth-order valence-electron chi connectivity index (χ4n) is 2.96. The maximum absolute atomic E-state index is 12.6. The number of ether oxygens (including phenoxy) is 1. The predicted octanol–water partition coefficient (Wildman–Crippen LogP) is 3.05. The second kappa shape index (κ2) is 8.27. The van der Waals surface area contributed by atoms with Crippen LogP contribution in [0.4, 0.5) is 5.69 Å². The van der Waals surface area contributed by atoms with Crippen LogP contribution in [0.2, 0.25) is 0 Å². The molecule has 0 saturated carbocycles. The summed E-state index contributed by atoms with van der Waals surface area (Å²) in [5, 5.41) is 0. The number of thioether (sulfide) groups is 1. The van der Waals surface area contributed by atoms with Crippen molar-refractivity contribution < 1.29 is 14.3 Å². The van der Waals surface area contributed by atoms with Crippen molar-refractivity contribution in [3.05, 3.63) is 54.6 Å². The lowest BCUT2D eigenvalue weighted by atomic mass is 10.1. The highest BCUT2D eigenvalue weighted by Crippen LogP contribution is 2.25. The van der Waals surface area contributed by atoms with E-state index in [2.05, 4.69) is 0 Å². The van der Waals surface area contributed by atoms with Crippen molar-refractivity contribution in [1.82, 2.24) is 4.90 Å². The van der Waals surface area contributed by atoms with Crippen molar-refractivity contribution in [2.75, 3.05) is 30.9 Å². The molecule has 5 nitrogen and oxygen atoms in total. The van der Waals surface area contributed by atoms with Crippen LogP contribution < -0.4 is 9.64 Å². The monoisotopic (exact) mass is 370 g/mol. The van der Waals surface area contributed by atoms with E-state index in [0.29, 0.717) is 18.0 Å². The van der Waals surface area contributed by atoms with Crippen molar-refractivity contribution >= 4 is 29.3 Å². The first-order chi connectivity index (χ1) is 12.6. The van der Waals surface area contributed by atoms with E-state index in [1.165, 1.54) is 11.8 Å². The molecule has 136 valence electrons. The van der Waals surface area contributed by atoms with Gasteiger partial charge in [0.05, 0.1) is 12.9 Å². The van der Waals surface area contributed by atoms with Crippen molar-refractivity contribution in [2.45, 2.75) is 17.9 Å². The Hall–Kier alpha value is -2.47. The van der Waals surface area contributed by atoms with Gasteiger partial charge < -0.3 is 14.5 Å². The van der Waals surface area contributed by atoms with Crippen LogP contribution in [0, 0.1) is 0 Å².